The van der Waals surface area contributed by atoms with Crippen molar-refractivity contribution in [3.63, 3.8) is 0 Å². The fraction of sp³-hybridized carbons (Fsp3) is 0.231. The Hall–Kier alpha value is -1.68. The van der Waals surface area contributed by atoms with Gasteiger partial charge in [-0.3, -0.25) is 0 Å². The molecule has 0 aromatic heterocycles. The summed E-state index contributed by atoms with van der Waals surface area (Å²) in [7, 11) is 1.80. The van der Waals surface area contributed by atoms with E-state index in [0.29, 0.717) is 11.7 Å². The molecule has 0 saturated heterocycles. The fourth-order valence-corrected chi connectivity index (χ4v) is 1.37. The van der Waals surface area contributed by atoms with Crippen LogP contribution in [0.25, 0.3) is 0 Å². The Morgan fingerprint density at radius 1 is 1.41 bits per heavy atom. The van der Waals surface area contributed by atoms with Crippen LogP contribution in [-0.2, 0) is 6.54 Å². The van der Waals surface area contributed by atoms with Crippen LogP contribution in [0.5, 0.6) is 0 Å². The Bertz CT molecular complexity index is 398. The number of hydrogen-bond donors (Lipinski definition) is 1. The number of hydrogen-bond acceptors (Lipinski definition) is 2. The van der Waals surface area contributed by atoms with Crippen molar-refractivity contribution in [3.05, 3.63) is 48.0 Å². The number of thiocarbonyl (C=S) groups is 1. The molecule has 0 spiro atoms. The van der Waals surface area contributed by atoms with Crippen molar-refractivity contribution >= 4 is 23.5 Å². The molecule has 1 aromatic carbocycles. The Labute approximate surface area is 108 Å². The molecular formula is C13H17N3S. The van der Waals surface area contributed by atoms with Crippen LogP contribution in [0, 0.1) is 0 Å². The molecule has 0 heterocycles. The van der Waals surface area contributed by atoms with E-state index in [9.17, 15) is 0 Å². The molecule has 4 heteroatoms. The van der Waals surface area contributed by atoms with Gasteiger partial charge in [0.05, 0.1) is 6.54 Å². The summed E-state index contributed by atoms with van der Waals surface area (Å²) < 4.78 is 0. The average Bonchev–Trinajstić information content (AvgIpc) is 2.38. The number of rotatable bonds is 4. The minimum absolute atomic E-state index is 0.606. The van der Waals surface area contributed by atoms with E-state index >= 15 is 0 Å². The van der Waals surface area contributed by atoms with Crippen molar-refractivity contribution < 1.29 is 0 Å². The highest BCUT2D eigenvalue weighted by molar-refractivity contribution is 7.80. The minimum Gasteiger partial charge on any atom is -0.364 e. The van der Waals surface area contributed by atoms with Gasteiger partial charge in [0, 0.05) is 13.3 Å². The van der Waals surface area contributed by atoms with E-state index in [1.807, 2.05) is 37.3 Å². The van der Waals surface area contributed by atoms with E-state index in [1.165, 1.54) is 5.56 Å². The van der Waals surface area contributed by atoms with Gasteiger partial charge in [-0.25, -0.2) is 5.01 Å². The van der Waals surface area contributed by atoms with Gasteiger partial charge >= 0.3 is 0 Å². The molecule has 0 aliphatic heterocycles. The Morgan fingerprint density at radius 3 is 2.71 bits per heavy atom. The lowest BCUT2D eigenvalue weighted by molar-refractivity contribution is 0.437. The molecule has 0 unspecified atom stereocenters. The van der Waals surface area contributed by atoms with Gasteiger partial charge in [-0.2, -0.15) is 5.10 Å². The number of nitrogens with one attached hydrogen (secondary N) is 1. The lowest BCUT2D eigenvalue weighted by atomic mass is 10.2. The first kappa shape index (κ1) is 13.4. The van der Waals surface area contributed by atoms with Crippen LogP contribution in [0.2, 0.25) is 0 Å². The van der Waals surface area contributed by atoms with Gasteiger partial charge in [-0.05, 0) is 30.8 Å². The van der Waals surface area contributed by atoms with Gasteiger partial charge < -0.3 is 5.32 Å². The molecule has 1 N–H and O–H groups in total. The van der Waals surface area contributed by atoms with Crippen molar-refractivity contribution in [1.82, 2.24) is 10.3 Å². The molecule has 0 aliphatic rings. The second-order valence-electron chi connectivity index (χ2n) is 3.39. The van der Waals surface area contributed by atoms with Crippen LogP contribution >= 0.6 is 12.2 Å². The quantitative estimate of drug-likeness (QED) is 0.503. The summed E-state index contributed by atoms with van der Waals surface area (Å²) >= 11 is 5.20. The van der Waals surface area contributed by atoms with E-state index in [2.05, 4.69) is 22.6 Å². The molecule has 0 amide bonds. The summed E-state index contributed by atoms with van der Waals surface area (Å²) in [6, 6.07) is 10.1. The normalized spacial score (nSPS) is 10.9. The standard InChI is InChI=1S/C13H17N3S/c1-3-4-10-15-16(13(17)14-2)11-12-8-6-5-7-9-12/h3-10H,11H2,1-2H3,(H,14,17)/b4-3+,15-10-. The van der Waals surface area contributed by atoms with Crippen LogP contribution in [-0.4, -0.2) is 23.4 Å². The third-order valence-electron chi connectivity index (χ3n) is 2.11. The number of benzene rings is 1. The highest BCUT2D eigenvalue weighted by Crippen LogP contribution is 2.04. The van der Waals surface area contributed by atoms with Gasteiger partial charge in [0.1, 0.15) is 0 Å². The molecule has 1 aromatic rings. The van der Waals surface area contributed by atoms with Gasteiger partial charge in [-0.1, -0.05) is 36.4 Å². The van der Waals surface area contributed by atoms with E-state index in [1.54, 1.807) is 18.3 Å². The number of hydrazone groups is 1. The number of nitrogens with zero attached hydrogens (tertiary/aromatic N) is 2. The topological polar surface area (TPSA) is 27.6 Å². The van der Waals surface area contributed by atoms with Crippen molar-refractivity contribution in [2.45, 2.75) is 13.5 Å². The van der Waals surface area contributed by atoms with Crippen LogP contribution < -0.4 is 5.32 Å². The summed E-state index contributed by atoms with van der Waals surface area (Å²) in [5.74, 6) is 0. The third kappa shape index (κ3) is 4.78. The van der Waals surface area contributed by atoms with Crippen molar-refractivity contribution in [1.29, 1.82) is 0 Å². The molecule has 0 fully saturated rings. The molecule has 0 radical (unpaired) electrons. The summed E-state index contributed by atoms with van der Waals surface area (Å²) in [5.41, 5.74) is 1.17. The molecular weight excluding hydrogens is 230 g/mol. The van der Waals surface area contributed by atoms with E-state index in [-0.39, 0.29) is 0 Å². The lowest BCUT2D eigenvalue weighted by Gasteiger charge is -2.18. The van der Waals surface area contributed by atoms with Gasteiger partial charge in [-0.15, -0.1) is 0 Å². The Kier molecular flexibility index (Phi) is 5.96. The summed E-state index contributed by atoms with van der Waals surface area (Å²) in [4.78, 5) is 0. The van der Waals surface area contributed by atoms with Gasteiger partial charge in [0.2, 0.25) is 0 Å². The smallest absolute Gasteiger partial charge is 0.189 e. The van der Waals surface area contributed by atoms with Crippen LogP contribution in [0.15, 0.2) is 47.6 Å². The summed E-state index contributed by atoms with van der Waals surface area (Å²) in [5, 5.41) is 9.59. The molecule has 1 rings (SSSR count). The largest absolute Gasteiger partial charge is 0.364 e. The highest BCUT2D eigenvalue weighted by atomic mass is 32.1. The second-order valence-corrected chi connectivity index (χ2v) is 3.78. The maximum absolute atomic E-state index is 5.20. The number of allylic oxidation sites excluding steroid dienone is 2. The third-order valence-corrected chi connectivity index (χ3v) is 2.52. The first-order valence-electron chi connectivity index (χ1n) is 5.46. The zero-order valence-electron chi connectivity index (χ0n) is 10.1. The first-order chi connectivity index (χ1) is 8.27. The molecule has 17 heavy (non-hydrogen) atoms. The monoisotopic (exact) mass is 247 g/mol. The van der Waals surface area contributed by atoms with E-state index in [0.717, 1.165) is 0 Å². The van der Waals surface area contributed by atoms with Crippen LogP contribution in [0.4, 0.5) is 0 Å². The molecule has 90 valence electrons. The van der Waals surface area contributed by atoms with Crippen LogP contribution in [0.3, 0.4) is 0 Å². The predicted octanol–water partition coefficient (Wildman–Crippen LogP) is 2.55. The molecule has 0 bridgehead atoms. The Morgan fingerprint density at radius 2 is 2.12 bits per heavy atom. The zero-order chi connectivity index (χ0) is 12.5. The summed E-state index contributed by atoms with van der Waals surface area (Å²) in [6.07, 6.45) is 5.52. The van der Waals surface area contributed by atoms with Crippen molar-refractivity contribution in [2.24, 2.45) is 5.10 Å². The summed E-state index contributed by atoms with van der Waals surface area (Å²) in [6.45, 7) is 2.61. The molecule has 0 aliphatic carbocycles. The maximum Gasteiger partial charge on any atom is 0.189 e. The maximum atomic E-state index is 5.20. The van der Waals surface area contributed by atoms with Gasteiger partial charge in [0.15, 0.2) is 5.11 Å². The van der Waals surface area contributed by atoms with E-state index < -0.39 is 0 Å². The van der Waals surface area contributed by atoms with Crippen LogP contribution in [0.1, 0.15) is 12.5 Å². The highest BCUT2D eigenvalue weighted by Gasteiger charge is 2.06. The Balaban J connectivity index is 2.74. The molecule has 0 atom stereocenters. The lowest BCUT2D eigenvalue weighted by Crippen LogP contribution is -2.33. The fourth-order valence-electron chi connectivity index (χ4n) is 1.26. The first-order valence-corrected chi connectivity index (χ1v) is 5.87. The average molecular weight is 247 g/mol. The molecule has 3 nitrogen and oxygen atoms in total. The predicted molar refractivity (Wildman–Crippen MR) is 76.9 cm³/mol. The van der Waals surface area contributed by atoms with E-state index in [4.69, 9.17) is 12.2 Å². The minimum atomic E-state index is 0.606. The molecule has 0 saturated carbocycles. The SMILES string of the molecule is C/C=C/C=N\N(Cc1ccccc1)C(=S)NC. The van der Waals surface area contributed by atoms with Gasteiger partial charge in [0.25, 0.3) is 0 Å². The zero-order valence-corrected chi connectivity index (χ0v) is 10.9. The second kappa shape index (κ2) is 7.57. The van der Waals surface area contributed by atoms with Crippen molar-refractivity contribution in [3.8, 4) is 0 Å². The van der Waals surface area contributed by atoms with Crippen molar-refractivity contribution in [2.75, 3.05) is 7.05 Å².